The van der Waals surface area contributed by atoms with E-state index in [0.717, 1.165) is 10.7 Å². The molecule has 4 heteroatoms. The Kier molecular flexibility index (Phi) is 2.01. The van der Waals surface area contributed by atoms with E-state index in [9.17, 15) is 0 Å². The van der Waals surface area contributed by atoms with Crippen LogP contribution in [0.25, 0.3) is 0 Å². The molecule has 0 saturated carbocycles. The van der Waals surface area contributed by atoms with Gasteiger partial charge in [0.1, 0.15) is 4.99 Å². The fourth-order valence-corrected chi connectivity index (χ4v) is 1.52. The van der Waals surface area contributed by atoms with Gasteiger partial charge in [0.05, 0.1) is 5.69 Å². The van der Waals surface area contributed by atoms with Crippen LogP contribution < -0.4 is 5.73 Å². The summed E-state index contributed by atoms with van der Waals surface area (Å²) in [5, 5.41) is 0.769. The summed E-state index contributed by atoms with van der Waals surface area (Å²) < 4.78 is 0. The number of nitrogens with two attached hydrogens (primary N) is 1. The average Bonchev–Trinajstić information content (AvgIpc) is 2.13. The fourth-order valence-electron chi connectivity index (χ4n) is 0.578. The molecule has 1 aromatic rings. The molecule has 1 heterocycles. The van der Waals surface area contributed by atoms with E-state index < -0.39 is 0 Å². The van der Waals surface area contributed by atoms with Crippen LogP contribution in [-0.4, -0.2) is 9.97 Å². The molecule has 1 aromatic heterocycles. The number of thiocarbonyl (C=S) groups is 1. The highest BCUT2D eigenvalue weighted by Crippen LogP contribution is 2.15. The minimum Gasteiger partial charge on any atom is -0.387 e. The third-order valence-electron chi connectivity index (χ3n) is 1.24. The summed E-state index contributed by atoms with van der Waals surface area (Å²) in [6, 6.07) is 0. The summed E-state index contributed by atoms with van der Waals surface area (Å²) in [5.74, 6) is 0. The highest BCUT2D eigenvalue weighted by Gasteiger charge is 2.04. The van der Waals surface area contributed by atoms with Crippen molar-refractivity contribution in [2.24, 2.45) is 5.73 Å². The molecule has 0 aromatic carbocycles. The van der Waals surface area contributed by atoms with Crippen LogP contribution in [0.1, 0.15) is 15.6 Å². The average molecular weight is 172 g/mol. The van der Waals surface area contributed by atoms with Crippen LogP contribution in [0, 0.1) is 13.8 Å². The number of thiazole rings is 1. The summed E-state index contributed by atoms with van der Waals surface area (Å²) in [6.07, 6.45) is 0. The molecule has 54 valence electrons. The van der Waals surface area contributed by atoms with Crippen molar-refractivity contribution in [2.45, 2.75) is 13.8 Å². The number of aromatic nitrogens is 1. The second-order valence-electron chi connectivity index (χ2n) is 2.02. The monoisotopic (exact) mass is 172 g/mol. The number of rotatable bonds is 1. The van der Waals surface area contributed by atoms with E-state index in [2.05, 4.69) is 4.98 Å². The van der Waals surface area contributed by atoms with Crippen LogP contribution in [0.3, 0.4) is 0 Å². The zero-order valence-electron chi connectivity index (χ0n) is 5.84. The van der Waals surface area contributed by atoms with Crippen LogP contribution in [0.15, 0.2) is 0 Å². The lowest BCUT2D eigenvalue weighted by atomic mass is 10.4. The SMILES string of the molecule is Cc1nc(C(N)=S)sc1C. The van der Waals surface area contributed by atoms with Gasteiger partial charge in [-0.3, -0.25) is 0 Å². The third-order valence-corrected chi connectivity index (χ3v) is 2.67. The third kappa shape index (κ3) is 1.33. The van der Waals surface area contributed by atoms with Crippen LogP contribution >= 0.6 is 23.6 Å². The molecule has 0 bridgehead atoms. The van der Waals surface area contributed by atoms with Gasteiger partial charge in [-0.05, 0) is 13.8 Å². The molecule has 0 aliphatic heterocycles. The fraction of sp³-hybridized carbons (Fsp3) is 0.333. The lowest BCUT2D eigenvalue weighted by molar-refractivity contribution is 1.22. The van der Waals surface area contributed by atoms with Crippen LogP contribution in [0.5, 0.6) is 0 Å². The Bertz CT molecular complexity index is 245. The molecular weight excluding hydrogens is 164 g/mol. The van der Waals surface area contributed by atoms with Crippen LogP contribution in [0.2, 0.25) is 0 Å². The molecular formula is C6H8N2S2. The molecule has 0 unspecified atom stereocenters. The van der Waals surface area contributed by atoms with Gasteiger partial charge in [-0.2, -0.15) is 0 Å². The Morgan fingerprint density at radius 2 is 2.20 bits per heavy atom. The number of hydrogen-bond donors (Lipinski definition) is 1. The standard InChI is InChI=1S/C6H8N2S2/c1-3-4(2)10-6(8-3)5(7)9/h1-2H3,(H2,7,9). The van der Waals surface area contributed by atoms with Crippen LogP contribution in [0.4, 0.5) is 0 Å². The molecule has 2 nitrogen and oxygen atoms in total. The highest BCUT2D eigenvalue weighted by molar-refractivity contribution is 7.81. The predicted octanol–water partition coefficient (Wildman–Crippen LogP) is 1.39. The lowest BCUT2D eigenvalue weighted by Crippen LogP contribution is -2.08. The van der Waals surface area contributed by atoms with Crippen molar-refractivity contribution in [3.63, 3.8) is 0 Å². The molecule has 0 radical (unpaired) electrons. The van der Waals surface area contributed by atoms with Crippen molar-refractivity contribution >= 4 is 28.5 Å². The molecule has 0 amide bonds. The Morgan fingerprint density at radius 1 is 1.60 bits per heavy atom. The van der Waals surface area contributed by atoms with Gasteiger partial charge < -0.3 is 5.73 Å². The largest absolute Gasteiger partial charge is 0.387 e. The summed E-state index contributed by atoms with van der Waals surface area (Å²) in [6.45, 7) is 3.96. The molecule has 10 heavy (non-hydrogen) atoms. The van der Waals surface area contributed by atoms with Gasteiger partial charge in [-0.15, -0.1) is 11.3 Å². The molecule has 0 aliphatic carbocycles. The quantitative estimate of drug-likeness (QED) is 0.651. The van der Waals surface area contributed by atoms with E-state index in [0.29, 0.717) is 4.99 Å². The van der Waals surface area contributed by atoms with E-state index in [-0.39, 0.29) is 0 Å². The molecule has 0 atom stereocenters. The van der Waals surface area contributed by atoms with E-state index in [1.54, 1.807) is 11.3 Å². The van der Waals surface area contributed by atoms with Gasteiger partial charge in [0, 0.05) is 4.88 Å². The minimum absolute atomic E-state index is 0.390. The van der Waals surface area contributed by atoms with Crippen molar-refractivity contribution < 1.29 is 0 Å². The number of aryl methyl sites for hydroxylation is 2. The number of nitrogens with zero attached hydrogens (tertiary/aromatic N) is 1. The number of hydrogen-bond acceptors (Lipinski definition) is 3. The first-order valence-electron chi connectivity index (χ1n) is 2.85. The zero-order chi connectivity index (χ0) is 7.72. The maximum absolute atomic E-state index is 5.38. The van der Waals surface area contributed by atoms with E-state index in [4.69, 9.17) is 18.0 Å². The van der Waals surface area contributed by atoms with Crippen molar-refractivity contribution in [3.8, 4) is 0 Å². The molecule has 0 saturated heterocycles. The van der Waals surface area contributed by atoms with Crippen molar-refractivity contribution in [1.29, 1.82) is 0 Å². The first-order valence-corrected chi connectivity index (χ1v) is 4.07. The predicted molar refractivity (Wildman–Crippen MR) is 47.5 cm³/mol. The summed E-state index contributed by atoms with van der Waals surface area (Å²) >= 11 is 6.31. The Hall–Kier alpha value is -0.480. The maximum atomic E-state index is 5.38. The van der Waals surface area contributed by atoms with E-state index in [1.807, 2.05) is 13.8 Å². The normalized spacial score (nSPS) is 9.80. The van der Waals surface area contributed by atoms with Crippen LogP contribution in [-0.2, 0) is 0 Å². The molecule has 0 fully saturated rings. The summed E-state index contributed by atoms with van der Waals surface area (Å²) in [5.41, 5.74) is 6.40. The van der Waals surface area contributed by atoms with Gasteiger partial charge in [0.15, 0.2) is 5.01 Å². The van der Waals surface area contributed by atoms with Gasteiger partial charge in [0.25, 0.3) is 0 Å². The minimum atomic E-state index is 0.390. The highest BCUT2D eigenvalue weighted by atomic mass is 32.1. The second kappa shape index (κ2) is 2.64. The van der Waals surface area contributed by atoms with Gasteiger partial charge >= 0.3 is 0 Å². The van der Waals surface area contributed by atoms with Gasteiger partial charge in [-0.25, -0.2) is 4.98 Å². The lowest BCUT2D eigenvalue weighted by Gasteiger charge is -1.84. The van der Waals surface area contributed by atoms with Crippen molar-refractivity contribution in [2.75, 3.05) is 0 Å². The van der Waals surface area contributed by atoms with Gasteiger partial charge in [0.2, 0.25) is 0 Å². The second-order valence-corrected chi connectivity index (χ2v) is 3.67. The first-order chi connectivity index (χ1) is 4.61. The molecule has 0 spiro atoms. The van der Waals surface area contributed by atoms with E-state index in [1.165, 1.54) is 4.88 Å². The maximum Gasteiger partial charge on any atom is 0.150 e. The zero-order valence-corrected chi connectivity index (χ0v) is 7.47. The first kappa shape index (κ1) is 7.63. The van der Waals surface area contributed by atoms with E-state index >= 15 is 0 Å². The molecule has 1 rings (SSSR count). The Labute approximate surface area is 69.1 Å². The topological polar surface area (TPSA) is 38.9 Å². The summed E-state index contributed by atoms with van der Waals surface area (Å²) in [4.78, 5) is 5.74. The smallest absolute Gasteiger partial charge is 0.150 e. The molecule has 2 N–H and O–H groups in total. The summed E-state index contributed by atoms with van der Waals surface area (Å²) in [7, 11) is 0. The Balaban J connectivity index is 3.10. The Morgan fingerprint density at radius 3 is 2.40 bits per heavy atom. The van der Waals surface area contributed by atoms with Crippen molar-refractivity contribution in [1.82, 2.24) is 4.98 Å². The van der Waals surface area contributed by atoms with Gasteiger partial charge in [-0.1, -0.05) is 12.2 Å². The molecule has 0 aliphatic rings. The van der Waals surface area contributed by atoms with Crippen molar-refractivity contribution in [3.05, 3.63) is 15.6 Å².